The van der Waals surface area contributed by atoms with E-state index >= 15 is 0 Å². The second-order valence-corrected chi connectivity index (χ2v) is 6.98. The lowest BCUT2D eigenvalue weighted by molar-refractivity contribution is 0.0266. The predicted molar refractivity (Wildman–Crippen MR) is 88.0 cm³/mol. The highest BCUT2D eigenvalue weighted by molar-refractivity contribution is 5.67. The molecule has 0 N–H and O–H groups in total. The van der Waals surface area contributed by atoms with Gasteiger partial charge >= 0.3 is 6.09 Å². The minimum atomic E-state index is -0.437. The Morgan fingerprint density at radius 3 is 2.59 bits per heavy atom. The van der Waals surface area contributed by atoms with Crippen LogP contribution in [0.25, 0.3) is 0 Å². The van der Waals surface area contributed by atoms with Crippen LogP contribution in [0.1, 0.15) is 33.6 Å². The van der Waals surface area contributed by atoms with Crippen molar-refractivity contribution in [2.24, 2.45) is 5.92 Å². The Bertz CT molecular complexity index is 476. The fourth-order valence-electron chi connectivity index (χ4n) is 2.69. The molecular weight excluding hydrogens is 278 g/mol. The predicted octanol–water partition coefficient (Wildman–Crippen LogP) is 3.16. The summed E-state index contributed by atoms with van der Waals surface area (Å²) in [4.78, 5) is 20.4. The molecule has 0 atom stereocenters. The number of ether oxygens (including phenoxy) is 1. The van der Waals surface area contributed by atoms with Gasteiger partial charge in [-0.2, -0.15) is 0 Å². The number of nitrogens with zero attached hydrogens (tertiary/aromatic N) is 3. The van der Waals surface area contributed by atoms with Crippen LogP contribution < -0.4 is 4.90 Å². The molecule has 1 aliphatic rings. The molecule has 0 saturated carbocycles. The molecule has 1 aromatic rings. The summed E-state index contributed by atoms with van der Waals surface area (Å²) in [7, 11) is 1.82. The zero-order valence-electron chi connectivity index (χ0n) is 14.1. The number of carbonyl (C=O) groups excluding carboxylic acids is 1. The molecule has 22 heavy (non-hydrogen) atoms. The third kappa shape index (κ3) is 4.90. The Morgan fingerprint density at radius 1 is 1.36 bits per heavy atom. The van der Waals surface area contributed by atoms with Gasteiger partial charge in [-0.1, -0.05) is 6.07 Å². The number of amides is 1. The molecule has 1 aliphatic heterocycles. The first-order valence-electron chi connectivity index (χ1n) is 7.95. The van der Waals surface area contributed by atoms with Gasteiger partial charge < -0.3 is 14.5 Å². The Balaban J connectivity index is 1.79. The molecule has 1 fully saturated rings. The molecule has 2 rings (SSSR count). The van der Waals surface area contributed by atoms with Gasteiger partial charge in [-0.15, -0.1) is 0 Å². The summed E-state index contributed by atoms with van der Waals surface area (Å²) in [5.74, 6) is 1.57. The first-order valence-corrected chi connectivity index (χ1v) is 7.95. The Hall–Kier alpha value is -1.78. The number of anilines is 1. The van der Waals surface area contributed by atoms with Crippen molar-refractivity contribution in [2.45, 2.75) is 39.2 Å². The van der Waals surface area contributed by atoms with Crippen LogP contribution in [0, 0.1) is 5.92 Å². The van der Waals surface area contributed by atoms with Gasteiger partial charge in [-0.25, -0.2) is 9.78 Å². The van der Waals surface area contributed by atoms with E-state index in [4.69, 9.17) is 4.74 Å². The standard InChI is InChI=1S/C17H27N3O2/c1-17(2,3)22-16(21)19(4)13-14-8-11-20(12-9-14)15-7-5-6-10-18-15/h5-7,10,14H,8-9,11-13H2,1-4H3. The van der Waals surface area contributed by atoms with E-state index in [9.17, 15) is 4.79 Å². The smallest absolute Gasteiger partial charge is 0.410 e. The molecule has 1 saturated heterocycles. The van der Waals surface area contributed by atoms with E-state index in [0.717, 1.165) is 38.3 Å². The van der Waals surface area contributed by atoms with Gasteiger partial charge in [0.2, 0.25) is 0 Å². The third-order valence-electron chi connectivity index (χ3n) is 3.83. The van der Waals surface area contributed by atoms with Crippen molar-refractivity contribution in [3.05, 3.63) is 24.4 Å². The molecule has 5 heteroatoms. The molecule has 5 nitrogen and oxygen atoms in total. The number of piperidine rings is 1. The normalized spacial score (nSPS) is 16.5. The van der Waals surface area contributed by atoms with Crippen LogP contribution in [-0.4, -0.2) is 48.3 Å². The van der Waals surface area contributed by atoms with Crippen LogP contribution in [0.15, 0.2) is 24.4 Å². The van der Waals surface area contributed by atoms with Crippen molar-refractivity contribution in [2.75, 3.05) is 31.6 Å². The Morgan fingerprint density at radius 2 is 2.05 bits per heavy atom. The number of hydrogen-bond acceptors (Lipinski definition) is 4. The van der Waals surface area contributed by atoms with Crippen LogP contribution in [0.2, 0.25) is 0 Å². The monoisotopic (exact) mass is 305 g/mol. The van der Waals surface area contributed by atoms with E-state index < -0.39 is 5.60 Å². The van der Waals surface area contributed by atoms with E-state index in [0.29, 0.717) is 5.92 Å². The van der Waals surface area contributed by atoms with Gasteiger partial charge in [0.1, 0.15) is 11.4 Å². The first-order chi connectivity index (χ1) is 10.3. The highest BCUT2D eigenvalue weighted by Crippen LogP contribution is 2.22. The number of pyridine rings is 1. The molecular formula is C17H27N3O2. The van der Waals surface area contributed by atoms with Crippen molar-refractivity contribution in [3.63, 3.8) is 0 Å². The van der Waals surface area contributed by atoms with Crippen molar-refractivity contribution in [1.29, 1.82) is 0 Å². The highest BCUT2D eigenvalue weighted by atomic mass is 16.6. The second kappa shape index (κ2) is 6.99. The zero-order chi connectivity index (χ0) is 16.2. The molecule has 0 bridgehead atoms. The van der Waals surface area contributed by atoms with E-state index in [1.165, 1.54) is 0 Å². The molecule has 0 radical (unpaired) electrons. The quantitative estimate of drug-likeness (QED) is 0.860. The molecule has 0 spiro atoms. The Labute approximate surface area is 133 Å². The van der Waals surface area contributed by atoms with Crippen molar-refractivity contribution >= 4 is 11.9 Å². The van der Waals surface area contributed by atoms with Crippen molar-refractivity contribution in [1.82, 2.24) is 9.88 Å². The maximum absolute atomic E-state index is 12.0. The lowest BCUT2D eigenvalue weighted by Crippen LogP contribution is -2.41. The summed E-state index contributed by atoms with van der Waals surface area (Å²) in [5, 5.41) is 0. The van der Waals surface area contributed by atoms with Gasteiger partial charge in [0.05, 0.1) is 0 Å². The second-order valence-electron chi connectivity index (χ2n) is 6.98. The average Bonchev–Trinajstić information content (AvgIpc) is 2.47. The zero-order valence-corrected chi connectivity index (χ0v) is 14.1. The van der Waals surface area contributed by atoms with E-state index in [1.807, 2.05) is 52.2 Å². The first kappa shape index (κ1) is 16.6. The van der Waals surface area contributed by atoms with Gasteiger partial charge in [0.15, 0.2) is 0 Å². The summed E-state index contributed by atoms with van der Waals surface area (Å²) >= 11 is 0. The van der Waals surface area contributed by atoms with E-state index in [1.54, 1.807) is 4.90 Å². The summed E-state index contributed by atoms with van der Waals surface area (Å²) in [6, 6.07) is 6.00. The SMILES string of the molecule is CN(CC1CCN(c2ccccn2)CC1)C(=O)OC(C)(C)C. The van der Waals surface area contributed by atoms with Crippen LogP contribution >= 0.6 is 0 Å². The third-order valence-corrected chi connectivity index (χ3v) is 3.83. The van der Waals surface area contributed by atoms with Crippen LogP contribution in [-0.2, 0) is 4.74 Å². The minimum absolute atomic E-state index is 0.236. The lowest BCUT2D eigenvalue weighted by atomic mass is 9.96. The summed E-state index contributed by atoms with van der Waals surface area (Å²) in [6.07, 6.45) is 3.74. The molecule has 0 unspecified atom stereocenters. The molecule has 0 aliphatic carbocycles. The van der Waals surface area contributed by atoms with Crippen LogP contribution in [0.5, 0.6) is 0 Å². The number of carbonyl (C=O) groups is 1. The summed E-state index contributed by atoms with van der Waals surface area (Å²) in [5.41, 5.74) is -0.437. The Kier molecular flexibility index (Phi) is 5.27. The van der Waals surface area contributed by atoms with Crippen molar-refractivity contribution in [3.8, 4) is 0 Å². The molecule has 0 aromatic carbocycles. The fraction of sp³-hybridized carbons (Fsp3) is 0.647. The molecule has 1 amide bonds. The molecule has 122 valence electrons. The molecule has 1 aromatic heterocycles. The van der Waals surface area contributed by atoms with Crippen molar-refractivity contribution < 1.29 is 9.53 Å². The van der Waals surface area contributed by atoms with E-state index in [2.05, 4.69) is 9.88 Å². The highest BCUT2D eigenvalue weighted by Gasteiger charge is 2.25. The maximum Gasteiger partial charge on any atom is 0.410 e. The van der Waals surface area contributed by atoms with Gasteiger partial charge in [0.25, 0.3) is 0 Å². The average molecular weight is 305 g/mol. The van der Waals surface area contributed by atoms with Gasteiger partial charge in [-0.05, 0) is 51.7 Å². The van der Waals surface area contributed by atoms with Crippen LogP contribution in [0.4, 0.5) is 10.6 Å². The van der Waals surface area contributed by atoms with Gasteiger partial charge in [-0.3, -0.25) is 0 Å². The van der Waals surface area contributed by atoms with Gasteiger partial charge in [0, 0.05) is 32.9 Å². The minimum Gasteiger partial charge on any atom is -0.444 e. The molecule has 2 heterocycles. The fourth-order valence-corrected chi connectivity index (χ4v) is 2.69. The summed E-state index contributed by atoms with van der Waals surface area (Å²) < 4.78 is 5.40. The number of hydrogen-bond donors (Lipinski definition) is 0. The lowest BCUT2D eigenvalue weighted by Gasteiger charge is -2.34. The number of aromatic nitrogens is 1. The number of rotatable bonds is 3. The maximum atomic E-state index is 12.0. The van der Waals surface area contributed by atoms with Crippen LogP contribution in [0.3, 0.4) is 0 Å². The largest absolute Gasteiger partial charge is 0.444 e. The van der Waals surface area contributed by atoms with E-state index in [-0.39, 0.29) is 6.09 Å². The summed E-state index contributed by atoms with van der Waals surface area (Å²) in [6.45, 7) is 8.41. The topological polar surface area (TPSA) is 45.7 Å².